The van der Waals surface area contributed by atoms with Gasteiger partial charge in [0.2, 0.25) is 0 Å². The molecule has 7 nitrogen and oxygen atoms in total. The van der Waals surface area contributed by atoms with E-state index in [2.05, 4.69) is 10.3 Å². The van der Waals surface area contributed by atoms with Crippen molar-refractivity contribution in [1.29, 1.82) is 0 Å². The number of anilines is 1. The highest BCUT2D eigenvalue weighted by molar-refractivity contribution is 6.06. The maximum atomic E-state index is 12.7. The van der Waals surface area contributed by atoms with E-state index in [9.17, 15) is 9.59 Å². The summed E-state index contributed by atoms with van der Waals surface area (Å²) < 4.78 is 12.6. The maximum absolute atomic E-state index is 12.7. The highest BCUT2D eigenvalue weighted by Crippen LogP contribution is 2.26. The lowest BCUT2D eigenvalue weighted by atomic mass is 10.2. The molecule has 0 spiro atoms. The Kier molecular flexibility index (Phi) is 5.66. The van der Waals surface area contributed by atoms with E-state index in [1.807, 2.05) is 13.0 Å². The Hall–Kier alpha value is -4.13. The second-order valence-corrected chi connectivity index (χ2v) is 6.96. The molecule has 2 heterocycles. The number of carbonyl (C=O) groups is 1. The molecule has 0 aliphatic carbocycles. The number of nitrogens with zero attached hydrogens (tertiary/aromatic N) is 2. The largest absolute Gasteiger partial charge is 0.496 e. The average Bonchev–Trinajstić information content (AvgIpc) is 2.79. The maximum Gasteiger partial charge on any atom is 0.259 e. The molecule has 0 fully saturated rings. The standard InChI is InChI=1S/C24H21N3O4/c1-16-11-12-22-25-17(13-23(28)27(22)14-16)15-31-21-10-6-4-8-19(21)26-24(29)18-7-3-5-9-20(18)30-2/h3-14H,15H2,1-2H3,(H,26,29). The van der Waals surface area contributed by atoms with Crippen molar-refractivity contribution in [2.45, 2.75) is 13.5 Å². The van der Waals surface area contributed by atoms with E-state index in [1.54, 1.807) is 60.8 Å². The van der Waals surface area contributed by atoms with Gasteiger partial charge in [0, 0.05) is 12.3 Å². The van der Waals surface area contributed by atoms with Crippen LogP contribution in [0, 0.1) is 6.92 Å². The lowest BCUT2D eigenvalue weighted by Gasteiger charge is -2.13. The number of pyridine rings is 1. The van der Waals surface area contributed by atoms with Crippen molar-refractivity contribution in [3.8, 4) is 11.5 Å². The molecule has 0 saturated carbocycles. The molecule has 0 atom stereocenters. The lowest BCUT2D eigenvalue weighted by molar-refractivity contribution is 0.102. The molecule has 0 aliphatic rings. The molecule has 1 amide bonds. The van der Waals surface area contributed by atoms with Gasteiger partial charge in [0.15, 0.2) is 0 Å². The molecule has 7 heteroatoms. The molecule has 4 rings (SSSR count). The molecule has 0 unspecified atom stereocenters. The zero-order valence-corrected chi connectivity index (χ0v) is 17.2. The predicted octanol–water partition coefficient (Wildman–Crippen LogP) is 3.84. The van der Waals surface area contributed by atoms with Gasteiger partial charge in [-0.2, -0.15) is 0 Å². The van der Waals surface area contributed by atoms with Gasteiger partial charge in [-0.15, -0.1) is 0 Å². The van der Waals surface area contributed by atoms with Crippen molar-refractivity contribution in [2.24, 2.45) is 0 Å². The minimum Gasteiger partial charge on any atom is -0.496 e. The fourth-order valence-electron chi connectivity index (χ4n) is 3.20. The molecule has 0 radical (unpaired) electrons. The number of nitrogens with one attached hydrogen (secondary N) is 1. The molecule has 0 bridgehead atoms. The van der Waals surface area contributed by atoms with E-state index in [1.165, 1.54) is 17.6 Å². The minimum absolute atomic E-state index is 0.0845. The lowest BCUT2D eigenvalue weighted by Crippen LogP contribution is -2.17. The summed E-state index contributed by atoms with van der Waals surface area (Å²) in [6, 6.07) is 19.2. The van der Waals surface area contributed by atoms with Crippen molar-refractivity contribution in [3.63, 3.8) is 0 Å². The molecule has 0 saturated heterocycles. The first-order chi connectivity index (χ1) is 15.0. The SMILES string of the molecule is COc1ccccc1C(=O)Nc1ccccc1OCc1cc(=O)n2cc(C)ccc2n1. The molecule has 156 valence electrons. The number of hydrogen-bond donors (Lipinski definition) is 1. The molecular formula is C24H21N3O4. The number of para-hydroxylation sites is 3. The van der Waals surface area contributed by atoms with E-state index in [4.69, 9.17) is 9.47 Å². The van der Waals surface area contributed by atoms with Gasteiger partial charge in [0.1, 0.15) is 23.8 Å². The fraction of sp³-hybridized carbons (Fsp3) is 0.125. The molecule has 31 heavy (non-hydrogen) atoms. The number of aromatic nitrogens is 2. The Labute approximate surface area is 178 Å². The number of ether oxygens (including phenoxy) is 2. The van der Waals surface area contributed by atoms with Crippen LogP contribution in [0.3, 0.4) is 0 Å². The third-order valence-corrected chi connectivity index (χ3v) is 4.72. The monoisotopic (exact) mass is 415 g/mol. The number of fused-ring (bicyclic) bond motifs is 1. The number of methoxy groups -OCH3 is 1. The van der Waals surface area contributed by atoms with Crippen LogP contribution in [0.5, 0.6) is 11.5 Å². The first-order valence-corrected chi connectivity index (χ1v) is 9.70. The highest BCUT2D eigenvalue weighted by Gasteiger charge is 2.14. The minimum atomic E-state index is -0.314. The van der Waals surface area contributed by atoms with Gasteiger partial charge in [-0.1, -0.05) is 30.3 Å². The normalized spacial score (nSPS) is 10.6. The van der Waals surface area contributed by atoms with Crippen molar-refractivity contribution < 1.29 is 14.3 Å². The molecular weight excluding hydrogens is 394 g/mol. The van der Waals surface area contributed by atoms with Crippen LogP contribution in [0.4, 0.5) is 5.69 Å². The van der Waals surface area contributed by atoms with Crippen LogP contribution in [0.1, 0.15) is 21.6 Å². The van der Waals surface area contributed by atoms with Crippen LogP contribution in [-0.2, 0) is 6.61 Å². The first kappa shape index (κ1) is 20.2. The summed E-state index contributed by atoms with van der Waals surface area (Å²) in [6.07, 6.45) is 1.75. The van der Waals surface area contributed by atoms with Crippen LogP contribution in [-0.4, -0.2) is 22.4 Å². The third-order valence-electron chi connectivity index (χ3n) is 4.72. The number of aryl methyl sites for hydroxylation is 1. The zero-order valence-electron chi connectivity index (χ0n) is 17.2. The van der Waals surface area contributed by atoms with Gasteiger partial charge >= 0.3 is 0 Å². The summed E-state index contributed by atoms with van der Waals surface area (Å²) in [7, 11) is 1.52. The Morgan fingerprint density at radius 2 is 1.77 bits per heavy atom. The highest BCUT2D eigenvalue weighted by atomic mass is 16.5. The summed E-state index contributed by atoms with van der Waals surface area (Å²) in [5.41, 5.74) is 2.77. The van der Waals surface area contributed by atoms with Gasteiger partial charge in [-0.05, 0) is 42.8 Å². The molecule has 2 aromatic carbocycles. The van der Waals surface area contributed by atoms with Gasteiger partial charge in [-0.25, -0.2) is 4.98 Å². The Bertz CT molecular complexity index is 1310. The van der Waals surface area contributed by atoms with Gasteiger partial charge in [-0.3, -0.25) is 14.0 Å². The van der Waals surface area contributed by atoms with E-state index in [-0.39, 0.29) is 18.1 Å². The fourth-order valence-corrected chi connectivity index (χ4v) is 3.20. The quantitative estimate of drug-likeness (QED) is 0.517. The first-order valence-electron chi connectivity index (χ1n) is 9.70. The molecule has 0 aliphatic heterocycles. The molecule has 4 aromatic rings. The van der Waals surface area contributed by atoms with Crippen LogP contribution in [0.25, 0.3) is 5.65 Å². The van der Waals surface area contributed by atoms with Gasteiger partial charge in [0.25, 0.3) is 11.5 Å². The average molecular weight is 415 g/mol. The van der Waals surface area contributed by atoms with Crippen LogP contribution in [0.15, 0.2) is 77.7 Å². The third kappa shape index (κ3) is 4.40. The Morgan fingerprint density at radius 3 is 2.58 bits per heavy atom. The van der Waals surface area contributed by atoms with E-state index < -0.39 is 0 Å². The second-order valence-electron chi connectivity index (χ2n) is 6.96. The van der Waals surface area contributed by atoms with Crippen molar-refractivity contribution >= 4 is 17.2 Å². The van der Waals surface area contributed by atoms with Crippen LogP contribution < -0.4 is 20.3 Å². The number of carbonyl (C=O) groups excluding carboxylic acids is 1. The predicted molar refractivity (Wildman–Crippen MR) is 118 cm³/mol. The summed E-state index contributed by atoms with van der Waals surface area (Å²) in [5, 5.41) is 2.85. The van der Waals surface area contributed by atoms with Gasteiger partial charge < -0.3 is 14.8 Å². The number of benzene rings is 2. The van der Waals surface area contributed by atoms with Crippen molar-refractivity contribution in [2.75, 3.05) is 12.4 Å². The van der Waals surface area contributed by atoms with E-state index in [0.717, 1.165) is 5.56 Å². The molecule has 1 N–H and O–H groups in total. The number of rotatable bonds is 6. The zero-order chi connectivity index (χ0) is 21.8. The summed E-state index contributed by atoms with van der Waals surface area (Å²) >= 11 is 0. The topological polar surface area (TPSA) is 81.9 Å². The second kappa shape index (κ2) is 8.71. The Morgan fingerprint density at radius 1 is 1.03 bits per heavy atom. The van der Waals surface area contributed by atoms with Gasteiger partial charge in [0.05, 0.1) is 24.1 Å². The summed E-state index contributed by atoms with van der Waals surface area (Å²) in [5.74, 6) is 0.636. The van der Waals surface area contributed by atoms with Crippen molar-refractivity contribution in [3.05, 3.63) is 100 Å². The van der Waals surface area contributed by atoms with Crippen molar-refractivity contribution in [1.82, 2.24) is 9.38 Å². The van der Waals surface area contributed by atoms with Crippen LogP contribution in [0.2, 0.25) is 0 Å². The summed E-state index contributed by atoms with van der Waals surface area (Å²) in [4.78, 5) is 29.6. The molecule has 2 aromatic heterocycles. The summed E-state index contributed by atoms with van der Waals surface area (Å²) in [6.45, 7) is 2.00. The van der Waals surface area contributed by atoms with Crippen LogP contribution >= 0.6 is 0 Å². The number of hydrogen-bond acceptors (Lipinski definition) is 5. The van der Waals surface area contributed by atoms with E-state index >= 15 is 0 Å². The van der Waals surface area contributed by atoms with E-state index in [0.29, 0.717) is 34.1 Å². The Balaban J connectivity index is 1.54. The number of amides is 1. The smallest absolute Gasteiger partial charge is 0.259 e.